The van der Waals surface area contributed by atoms with E-state index in [4.69, 9.17) is 5.73 Å². The van der Waals surface area contributed by atoms with E-state index in [1.807, 2.05) is 18.2 Å². The summed E-state index contributed by atoms with van der Waals surface area (Å²) >= 11 is 3.51. The zero-order valence-corrected chi connectivity index (χ0v) is 9.78. The van der Waals surface area contributed by atoms with Gasteiger partial charge in [-0.3, -0.25) is 0 Å². The first-order chi connectivity index (χ1) is 6.65. The van der Waals surface area contributed by atoms with Crippen LogP contribution in [0.4, 0.5) is 5.69 Å². The molecule has 74 valence electrons. The van der Waals surface area contributed by atoms with E-state index >= 15 is 0 Å². The van der Waals surface area contributed by atoms with E-state index in [1.165, 1.54) is 4.70 Å². The lowest BCUT2D eigenvalue weighted by Crippen LogP contribution is -1.84. The first-order valence-electron chi connectivity index (χ1n) is 4.48. The van der Waals surface area contributed by atoms with E-state index in [0.29, 0.717) is 5.25 Å². The van der Waals surface area contributed by atoms with Gasteiger partial charge in [0.1, 0.15) is 0 Å². The van der Waals surface area contributed by atoms with Gasteiger partial charge in [-0.15, -0.1) is 11.3 Å². The van der Waals surface area contributed by atoms with Crippen molar-refractivity contribution in [3.05, 3.63) is 18.2 Å². The van der Waals surface area contributed by atoms with Gasteiger partial charge in [0.25, 0.3) is 0 Å². The Bertz CT molecular complexity index is 448. The number of thioether (sulfide) groups is 1. The molecule has 1 aromatic heterocycles. The lowest BCUT2D eigenvalue weighted by Gasteiger charge is -1.97. The van der Waals surface area contributed by atoms with Crippen LogP contribution in [0.5, 0.6) is 0 Å². The van der Waals surface area contributed by atoms with Crippen molar-refractivity contribution in [2.75, 3.05) is 5.73 Å². The third-order valence-corrected chi connectivity index (χ3v) is 3.85. The largest absolute Gasteiger partial charge is 0.399 e. The number of thiazole rings is 1. The third-order valence-electron chi connectivity index (χ3n) is 1.73. The predicted molar refractivity (Wildman–Crippen MR) is 65.0 cm³/mol. The second kappa shape index (κ2) is 3.79. The molecule has 2 N–H and O–H groups in total. The molecule has 0 saturated heterocycles. The summed E-state index contributed by atoms with van der Waals surface area (Å²) in [6.07, 6.45) is 0. The van der Waals surface area contributed by atoms with Gasteiger partial charge < -0.3 is 5.73 Å². The topological polar surface area (TPSA) is 38.9 Å². The van der Waals surface area contributed by atoms with Crippen LogP contribution in [-0.4, -0.2) is 10.2 Å². The van der Waals surface area contributed by atoms with Crippen molar-refractivity contribution >= 4 is 39.0 Å². The van der Waals surface area contributed by atoms with Crippen LogP contribution in [0.2, 0.25) is 0 Å². The Balaban J connectivity index is 2.41. The van der Waals surface area contributed by atoms with E-state index < -0.39 is 0 Å². The summed E-state index contributed by atoms with van der Waals surface area (Å²) in [5, 5.41) is 0.577. The molecule has 0 unspecified atom stereocenters. The van der Waals surface area contributed by atoms with Gasteiger partial charge in [0, 0.05) is 10.9 Å². The molecule has 0 aliphatic carbocycles. The highest BCUT2D eigenvalue weighted by Crippen LogP contribution is 2.32. The second-order valence-corrected chi connectivity index (χ2v) is 6.23. The van der Waals surface area contributed by atoms with Gasteiger partial charge >= 0.3 is 0 Å². The van der Waals surface area contributed by atoms with E-state index in [9.17, 15) is 0 Å². The molecular formula is C10H12N2S2. The highest BCUT2D eigenvalue weighted by Gasteiger charge is 2.05. The number of fused-ring (bicyclic) bond motifs is 1. The first kappa shape index (κ1) is 9.80. The molecule has 0 bridgehead atoms. The molecule has 0 aliphatic rings. The minimum Gasteiger partial charge on any atom is -0.399 e. The third kappa shape index (κ3) is 2.01. The molecular weight excluding hydrogens is 212 g/mol. The minimum atomic E-state index is 0.577. The number of anilines is 1. The fourth-order valence-electron chi connectivity index (χ4n) is 1.17. The lowest BCUT2D eigenvalue weighted by molar-refractivity contribution is 1.10. The summed E-state index contributed by atoms with van der Waals surface area (Å²) in [6.45, 7) is 4.34. The van der Waals surface area contributed by atoms with Crippen LogP contribution < -0.4 is 5.73 Å². The van der Waals surface area contributed by atoms with E-state index in [1.54, 1.807) is 23.1 Å². The molecule has 2 nitrogen and oxygen atoms in total. The normalized spacial score (nSPS) is 11.4. The summed E-state index contributed by atoms with van der Waals surface area (Å²) < 4.78 is 2.30. The Hall–Kier alpha value is -0.740. The van der Waals surface area contributed by atoms with Crippen molar-refractivity contribution in [3.63, 3.8) is 0 Å². The maximum Gasteiger partial charge on any atom is 0.151 e. The Morgan fingerprint density at radius 2 is 2.21 bits per heavy atom. The molecule has 0 saturated carbocycles. The van der Waals surface area contributed by atoms with Gasteiger partial charge in [-0.05, 0) is 18.2 Å². The first-order valence-corrected chi connectivity index (χ1v) is 6.17. The molecule has 0 aliphatic heterocycles. The van der Waals surface area contributed by atoms with E-state index in [-0.39, 0.29) is 0 Å². The Morgan fingerprint density at radius 1 is 1.43 bits per heavy atom. The van der Waals surface area contributed by atoms with Crippen molar-refractivity contribution < 1.29 is 0 Å². The van der Waals surface area contributed by atoms with Crippen LogP contribution in [0.3, 0.4) is 0 Å². The Labute approximate surface area is 91.5 Å². The molecule has 1 aromatic carbocycles. The SMILES string of the molecule is CC(C)Sc1nc2ccc(N)cc2s1. The summed E-state index contributed by atoms with van der Waals surface area (Å²) in [5.74, 6) is 0. The number of rotatable bonds is 2. The van der Waals surface area contributed by atoms with Crippen LogP contribution in [0.25, 0.3) is 10.2 Å². The maximum absolute atomic E-state index is 5.71. The molecule has 0 atom stereocenters. The van der Waals surface area contributed by atoms with Crippen LogP contribution >= 0.6 is 23.1 Å². The van der Waals surface area contributed by atoms with E-state index in [0.717, 1.165) is 15.5 Å². The summed E-state index contributed by atoms with van der Waals surface area (Å²) in [5.41, 5.74) is 7.56. The number of aromatic nitrogens is 1. The molecule has 1 heterocycles. The Morgan fingerprint density at radius 3 is 2.93 bits per heavy atom. The zero-order valence-electron chi connectivity index (χ0n) is 8.15. The number of hydrogen-bond acceptors (Lipinski definition) is 4. The summed E-state index contributed by atoms with van der Waals surface area (Å²) in [7, 11) is 0. The fraction of sp³-hybridized carbons (Fsp3) is 0.300. The number of benzene rings is 1. The molecule has 0 fully saturated rings. The van der Waals surface area contributed by atoms with Crippen LogP contribution in [0, 0.1) is 0 Å². The van der Waals surface area contributed by atoms with Gasteiger partial charge in [0.2, 0.25) is 0 Å². The van der Waals surface area contributed by atoms with Crippen molar-refractivity contribution in [3.8, 4) is 0 Å². The molecule has 4 heteroatoms. The maximum atomic E-state index is 5.71. The monoisotopic (exact) mass is 224 g/mol. The number of nitrogens with two attached hydrogens (primary N) is 1. The second-order valence-electron chi connectivity index (χ2n) is 3.37. The average molecular weight is 224 g/mol. The van der Waals surface area contributed by atoms with Crippen LogP contribution in [0.1, 0.15) is 13.8 Å². The highest BCUT2D eigenvalue weighted by atomic mass is 32.2. The standard InChI is InChI=1S/C10H12N2S2/c1-6(2)13-10-12-8-4-3-7(11)5-9(8)14-10/h3-6H,11H2,1-2H3. The van der Waals surface area contributed by atoms with Crippen molar-refractivity contribution in [2.45, 2.75) is 23.4 Å². The molecule has 0 amide bonds. The highest BCUT2D eigenvalue weighted by molar-refractivity contribution is 8.01. The van der Waals surface area contributed by atoms with Gasteiger partial charge in [0.15, 0.2) is 4.34 Å². The van der Waals surface area contributed by atoms with Crippen LogP contribution in [-0.2, 0) is 0 Å². The smallest absolute Gasteiger partial charge is 0.151 e. The number of hydrogen-bond donors (Lipinski definition) is 1. The average Bonchev–Trinajstić information content (AvgIpc) is 2.44. The van der Waals surface area contributed by atoms with Gasteiger partial charge in [-0.25, -0.2) is 4.98 Å². The van der Waals surface area contributed by atoms with Crippen molar-refractivity contribution in [1.82, 2.24) is 4.98 Å². The lowest BCUT2D eigenvalue weighted by atomic mass is 10.3. The number of nitrogens with zero attached hydrogens (tertiary/aromatic N) is 1. The summed E-state index contributed by atoms with van der Waals surface area (Å²) in [4.78, 5) is 4.52. The minimum absolute atomic E-state index is 0.577. The quantitative estimate of drug-likeness (QED) is 0.628. The molecule has 0 spiro atoms. The fourth-order valence-corrected chi connectivity index (χ4v) is 3.51. The van der Waals surface area contributed by atoms with E-state index in [2.05, 4.69) is 18.8 Å². The van der Waals surface area contributed by atoms with Gasteiger partial charge in [0.05, 0.1) is 10.2 Å². The summed E-state index contributed by atoms with van der Waals surface area (Å²) in [6, 6.07) is 5.86. The van der Waals surface area contributed by atoms with Crippen molar-refractivity contribution in [2.24, 2.45) is 0 Å². The molecule has 0 radical (unpaired) electrons. The molecule has 2 rings (SSSR count). The van der Waals surface area contributed by atoms with Crippen molar-refractivity contribution in [1.29, 1.82) is 0 Å². The predicted octanol–water partition coefficient (Wildman–Crippen LogP) is 3.38. The Kier molecular flexibility index (Phi) is 2.65. The van der Waals surface area contributed by atoms with Crippen LogP contribution in [0.15, 0.2) is 22.5 Å². The zero-order chi connectivity index (χ0) is 10.1. The van der Waals surface area contributed by atoms with Gasteiger partial charge in [-0.1, -0.05) is 25.6 Å². The molecule has 14 heavy (non-hydrogen) atoms. The molecule has 2 aromatic rings. The number of nitrogen functional groups attached to an aromatic ring is 1. The van der Waals surface area contributed by atoms with Gasteiger partial charge in [-0.2, -0.15) is 0 Å².